The van der Waals surface area contributed by atoms with E-state index in [-0.39, 0.29) is 6.04 Å². The third-order valence-corrected chi connectivity index (χ3v) is 5.00. The molecule has 0 spiro atoms. The summed E-state index contributed by atoms with van der Waals surface area (Å²) in [7, 11) is 0. The van der Waals surface area contributed by atoms with Crippen LogP contribution in [0.3, 0.4) is 0 Å². The number of hydrogen-bond donors (Lipinski definition) is 1. The summed E-state index contributed by atoms with van der Waals surface area (Å²) in [6.45, 7) is 6.81. The van der Waals surface area contributed by atoms with Crippen molar-refractivity contribution in [2.75, 3.05) is 13.1 Å². The molecule has 2 heterocycles. The first-order valence-electron chi connectivity index (χ1n) is 5.82. The van der Waals surface area contributed by atoms with E-state index >= 15 is 0 Å². The molecule has 2 N–H and O–H groups in total. The zero-order valence-corrected chi connectivity index (χ0v) is 12.2. The fourth-order valence-corrected chi connectivity index (χ4v) is 4.25. The minimum Gasteiger partial charge on any atom is -0.326 e. The summed E-state index contributed by atoms with van der Waals surface area (Å²) < 4.78 is 1.22. The summed E-state index contributed by atoms with van der Waals surface area (Å²) in [6.07, 6.45) is 1.11. The van der Waals surface area contributed by atoms with Crippen LogP contribution in [0.5, 0.6) is 0 Å². The van der Waals surface area contributed by atoms with Crippen LogP contribution in [0.4, 0.5) is 0 Å². The van der Waals surface area contributed by atoms with Crippen molar-refractivity contribution in [1.82, 2.24) is 4.90 Å². The highest BCUT2D eigenvalue weighted by molar-refractivity contribution is 9.10. The van der Waals surface area contributed by atoms with Crippen LogP contribution >= 0.6 is 27.3 Å². The fourth-order valence-electron chi connectivity index (χ4n) is 2.43. The summed E-state index contributed by atoms with van der Waals surface area (Å²) in [5.41, 5.74) is 6.25. The third kappa shape index (κ3) is 2.50. The molecule has 0 radical (unpaired) electrons. The summed E-state index contributed by atoms with van der Waals surface area (Å²) in [5.74, 6) is 0.700. The van der Waals surface area contributed by atoms with Gasteiger partial charge in [-0.2, -0.15) is 0 Å². The molecule has 1 saturated heterocycles. The molecule has 16 heavy (non-hydrogen) atoms. The van der Waals surface area contributed by atoms with Crippen LogP contribution in [-0.4, -0.2) is 24.0 Å². The second-order valence-electron chi connectivity index (χ2n) is 4.92. The molecule has 2 atom stereocenters. The van der Waals surface area contributed by atoms with Crippen molar-refractivity contribution in [2.45, 2.75) is 32.4 Å². The standard InChI is InChI=1S/C12H19BrN2S/c1-8(2)7-15-5-3-10(14)11(15)12-9(13)4-6-16-12/h4,6,8,10-11H,3,5,7,14H2,1-2H3. The lowest BCUT2D eigenvalue weighted by molar-refractivity contribution is 0.223. The van der Waals surface area contributed by atoms with E-state index in [9.17, 15) is 0 Å². The second-order valence-corrected chi connectivity index (χ2v) is 6.72. The van der Waals surface area contributed by atoms with Crippen molar-refractivity contribution in [3.63, 3.8) is 0 Å². The molecule has 0 aliphatic carbocycles. The maximum Gasteiger partial charge on any atom is 0.0605 e. The quantitative estimate of drug-likeness (QED) is 0.929. The van der Waals surface area contributed by atoms with E-state index in [2.05, 4.69) is 46.1 Å². The Morgan fingerprint density at radius 1 is 1.62 bits per heavy atom. The van der Waals surface area contributed by atoms with Crippen molar-refractivity contribution >= 4 is 27.3 Å². The first kappa shape index (κ1) is 12.6. The van der Waals surface area contributed by atoms with Crippen LogP contribution in [-0.2, 0) is 0 Å². The first-order valence-corrected chi connectivity index (χ1v) is 7.49. The summed E-state index contributed by atoms with van der Waals surface area (Å²) in [5, 5.41) is 2.14. The molecule has 1 aliphatic rings. The molecule has 2 unspecified atom stereocenters. The van der Waals surface area contributed by atoms with E-state index in [4.69, 9.17) is 5.73 Å². The van der Waals surface area contributed by atoms with E-state index in [0.29, 0.717) is 12.0 Å². The van der Waals surface area contributed by atoms with E-state index < -0.39 is 0 Å². The molecule has 0 aromatic carbocycles. The Kier molecular flexibility index (Phi) is 4.06. The van der Waals surface area contributed by atoms with Gasteiger partial charge in [-0.05, 0) is 39.7 Å². The van der Waals surface area contributed by atoms with E-state index in [1.807, 2.05) is 11.3 Å². The molecule has 0 bridgehead atoms. The van der Waals surface area contributed by atoms with Crippen molar-refractivity contribution in [3.05, 3.63) is 20.8 Å². The topological polar surface area (TPSA) is 29.3 Å². The van der Waals surface area contributed by atoms with Crippen molar-refractivity contribution in [3.8, 4) is 0 Å². The van der Waals surface area contributed by atoms with Crippen LogP contribution < -0.4 is 5.73 Å². The largest absolute Gasteiger partial charge is 0.326 e. The van der Waals surface area contributed by atoms with E-state index in [0.717, 1.165) is 19.5 Å². The van der Waals surface area contributed by atoms with Gasteiger partial charge in [0.25, 0.3) is 0 Å². The molecule has 4 heteroatoms. The minimum atomic E-state index is 0.286. The molecule has 2 rings (SSSR count). The number of halogens is 1. The lowest BCUT2D eigenvalue weighted by Crippen LogP contribution is -2.33. The monoisotopic (exact) mass is 302 g/mol. The van der Waals surface area contributed by atoms with Gasteiger partial charge in [-0.1, -0.05) is 13.8 Å². The molecular weight excluding hydrogens is 284 g/mol. The Bertz CT molecular complexity index is 351. The molecule has 2 nitrogen and oxygen atoms in total. The highest BCUT2D eigenvalue weighted by Crippen LogP contribution is 2.38. The zero-order valence-electron chi connectivity index (χ0n) is 9.82. The fraction of sp³-hybridized carbons (Fsp3) is 0.667. The van der Waals surface area contributed by atoms with Crippen LogP contribution in [0.1, 0.15) is 31.2 Å². The van der Waals surface area contributed by atoms with E-state index in [1.54, 1.807) is 0 Å². The van der Waals surface area contributed by atoms with Crippen LogP contribution in [0.15, 0.2) is 15.9 Å². The Labute approximate surface area is 110 Å². The smallest absolute Gasteiger partial charge is 0.0605 e. The SMILES string of the molecule is CC(C)CN1CCC(N)C1c1sccc1Br. The van der Waals surface area contributed by atoms with Gasteiger partial charge in [0, 0.05) is 28.5 Å². The lowest BCUT2D eigenvalue weighted by Gasteiger charge is -2.27. The molecule has 1 aliphatic heterocycles. The number of rotatable bonds is 3. The van der Waals surface area contributed by atoms with Crippen LogP contribution in [0.25, 0.3) is 0 Å². The van der Waals surface area contributed by atoms with Crippen molar-refractivity contribution in [1.29, 1.82) is 0 Å². The van der Waals surface area contributed by atoms with Gasteiger partial charge >= 0.3 is 0 Å². The van der Waals surface area contributed by atoms with Crippen LogP contribution in [0.2, 0.25) is 0 Å². The molecule has 1 aromatic heterocycles. The average Bonchev–Trinajstić information content (AvgIpc) is 2.73. The summed E-state index contributed by atoms with van der Waals surface area (Å²) >= 11 is 5.44. The maximum atomic E-state index is 6.25. The average molecular weight is 303 g/mol. The molecule has 0 amide bonds. The Balaban J connectivity index is 2.19. The molecular formula is C12H19BrN2S. The second kappa shape index (κ2) is 5.17. The summed E-state index contributed by atoms with van der Waals surface area (Å²) in [6, 6.07) is 2.82. The van der Waals surface area contributed by atoms with Gasteiger partial charge in [0.1, 0.15) is 0 Å². The predicted octanol–water partition coefficient (Wildman–Crippen LogP) is 3.24. The van der Waals surface area contributed by atoms with Gasteiger partial charge < -0.3 is 5.73 Å². The Morgan fingerprint density at radius 2 is 2.38 bits per heavy atom. The lowest BCUT2D eigenvalue weighted by atomic mass is 10.1. The van der Waals surface area contributed by atoms with Crippen molar-refractivity contribution in [2.24, 2.45) is 11.7 Å². The van der Waals surface area contributed by atoms with Gasteiger partial charge in [0.15, 0.2) is 0 Å². The molecule has 0 saturated carbocycles. The number of nitrogens with two attached hydrogens (primary N) is 1. The zero-order chi connectivity index (χ0) is 11.7. The van der Waals surface area contributed by atoms with Crippen LogP contribution in [0, 0.1) is 5.92 Å². The van der Waals surface area contributed by atoms with Gasteiger partial charge in [-0.3, -0.25) is 4.90 Å². The number of nitrogens with zero attached hydrogens (tertiary/aromatic N) is 1. The van der Waals surface area contributed by atoms with E-state index in [1.165, 1.54) is 9.35 Å². The normalized spacial score (nSPS) is 26.8. The Hall–Kier alpha value is 0.100. The Morgan fingerprint density at radius 3 is 2.94 bits per heavy atom. The highest BCUT2D eigenvalue weighted by Gasteiger charge is 2.34. The number of likely N-dealkylation sites (tertiary alicyclic amines) is 1. The third-order valence-electron chi connectivity index (χ3n) is 3.06. The molecule has 90 valence electrons. The first-order chi connectivity index (χ1) is 7.59. The molecule has 1 aromatic rings. The van der Waals surface area contributed by atoms with Gasteiger partial charge in [-0.25, -0.2) is 0 Å². The number of hydrogen-bond acceptors (Lipinski definition) is 3. The predicted molar refractivity (Wildman–Crippen MR) is 73.8 cm³/mol. The maximum absolute atomic E-state index is 6.25. The summed E-state index contributed by atoms with van der Waals surface area (Å²) in [4.78, 5) is 3.93. The highest BCUT2D eigenvalue weighted by atomic mass is 79.9. The van der Waals surface area contributed by atoms with Gasteiger partial charge in [0.05, 0.1) is 6.04 Å². The van der Waals surface area contributed by atoms with Gasteiger partial charge in [-0.15, -0.1) is 11.3 Å². The van der Waals surface area contributed by atoms with Crippen molar-refractivity contribution < 1.29 is 0 Å². The number of thiophene rings is 1. The molecule has 1 fully saturated rings. The minimum absolute atomic E-state index is 0.286. The van der Waals surface area contributed by atoms with Gasteiger partial charge in [0.2, 0.25) is 0 Å².